The number of aromatic nitrogens is 2. The second-order valence-electron chi connectivity index (χ2n) is 3.70. The summed E-state index contributed by atoms with van der Waals surface area (Å²) in [6, 6.07) is 5.38. The van der Waals surface area contributed by atoms with E-state index in [4.69, 9.17) is 15.1 Å². The Morgan fingerprint density at radius 2 is 2.19 bits per heavy atom. The quantitative estimate of drug-likeness (QED) is 0.662. The van der Waals surface area contributed by atoms with Crippen LogP contribution < -0.4 is 4.74 Å². The lowest BCUT2D eigenvalue weighted by Crippen LogP contribution is -2.03. The van der Waals surface area contributed by atoms with Gasteiger partial charge in [-0.1, -0.05) is 0 Å². The van der Waals surface area contributed by atoms with Crippen LogP contribution in [-0.2, 0) is 0 Å². The summed E-state index contributed by atoms with van der Waals surface area (Å²) >= 11 is 0. The fourth-order valence-electron chi connectivity index (χ4n) is 1.43. The smallest absolute Gasteiger partial charge is 0.356 e. The normalized spacial score (nSPS) is 9.67. The minimum absolute atomic E-state index is 0.0967. The van der Waals surface area contributed by atoms with Gasteiger partial charge in [0.05, 0.1) is 28.9 Å². The van der Waals surface area contributed by atoms with Crippen molar-refractivity contribution in [2.24, 2.45) is 0 Å². The zero-order chi connectivity index (χ0) is 15.4. The largest absolute Gasteiger partial charge is 0.476 e. The van der Waals surface area contributed by atoms with Crippen molar-refractivity contribution in [2.45, 2.75) is 0 Å². The highest BCUT2D eigenvalue weighted by Gasteiger charge is 2.18. The van der Waals surface area contributed by atoms with E-state index < -0.39 is 16.6 Å². The predicted octanol–water partition coefficient (Wildman–Crippen LogP) is 1.75. The molecule has 0 fully saturated rings. The van der Waals surface area contributed by atoms with Gasteiger partial charge in [0.1, 0.15) is 0 Å². The number of rotatable bonds is 4. The van der Waals surface area contributed by atoms with Crippen LogP contribution >= 0.6 is 0 Å². The molecule has 1 aromatic carbocycles. The first-order valence-corrected chi connectivity index (χ1v) is 5.43. The molecule has 1 aromatic heterocycles. The molecule has 9 heteroatoms. The molecule has 0 spiro atoms. The fourth-order valence-corrected chi connectivity index (χ4v) is 1.43. The highest BCUT2D eigenvalue weighted by molar-refractivity contribution is 5.84. The van der Waals surface area contributed by atoms with Gasteiger partial charge in [-0.15, -0.1) is 0 Å². The Kier molecular flexibility index (Phi) is 3.71. The molecule has 0 saturated carbocycles. The van der Waals surface area contributed by atoms with Crippen LogP contribution in [0.15, 0.2) is 30.6 Å². The number of nitro benzene ring substituents is 1. The van der Waals surface area contributed by atoms with E-state index in [1.165, 1.54) is 12.1 Å². The van der Waals surface area contributed by atoms with Crippen molar-refractivity contribution in [3.05, 3.63) is 52.0 Å². The Bertz CT molecular complexity index is 768. The number of ether oxygens (including phenoxy) is 1. The standard InChI is InChI=1S/C12H6N4O5/c13-4-7-1-2-10(9(3-7)16(19)20)21-11-6-14-5-8(15-11)12(17)18/h1-3,5-6H,(H,17,18). The molecule has 9 nitrogen and oxygen atoms in total. The number of hydrogen-bond donors (Lipinski definition) is 1. The number of hydrogen-bond acceptors (Lipinski definition) is 7. The molecule has 0 amide bonds. The fraction of sp³-hybridized carbons (Fsp3) is 0. The molecule has 2 aromatic rings. The van der Waals surface area contributed by atoms with Crippen LogP contribution in [-0.4, -0.2) is 26.0 Å². The SMILES string of the molecule is N#Cc1ccc(Oc2cncc(C(=O)O)n2)c([N+](=O)[O-])c1. The van der Waals surface area contributed by atoms with E-state index in [1.807, 2.05) is 0 Å². The van der Waals surface area contributed by atoms with Crippen molar-refractivity contribution in [3.8, 4) is 17.7 Å². The van der Waals surface area contributed by atoms with Crippen molar-refractivity contribution >= 4 is 11.7 Å². The number of nitrogens with zero attached hydrogens (tertiary/aromatic N) is 4. The molecule has 0 atom stereocenters. The van der Waals surface area contributed by atoms with Crippen LogP contribution in [0.4, 0.5) is 5.69 Å². The molecule has 2 rings (SSSR count). The maximum absolute atomic E-state index is 10.9. The summed E-state index contributed by atoms with van der Waals surface area (Å²) in [6.07, 6.45) is 2.14. The lowest BCUT2D eigenvalue weighted by molar-refractivity contribution is -0.385. The second kappa shape index (κ2) is 5.62. The number of benzene rings is 1. The minimum Gasteiger partial charge on any atom is -0.476 e. The van der Waals surface area contributed by atoms with E-state index in [9.17, 15) is 14.9 Å². The first-order chi connectivity index (χ1) is 10.0. The van der Waals surface area contributed by atoms with Crippen molar-refractivity contribution in [3.63, 3.8) is 0 Å². The summed E-state index contributed by atoms with van der Waals surface area (Å²) in [5.41, 5.74) is -0.695. The van der Waals surface area contributed by atoms with E-state index in [0.29, 0.717) is 0 Å². The molecule has 0 aliphatic carbocycles. The summed E-state index contributed by atoms with van der Waals surface area (Å²) in [5.74, 6) is -1.68. The van der Waals surface area contributed by atoms with Crippen molar-refractivity contribution in [2.75, 3.05) is 0 Å². The van der Waals surface area contributed by atoms with Crippen molar-refractivity contribution in [1.29, 1.82) is 5.26 Å². The van der Waals surface area contributed by atoms with Gasteiger partial charge in [0.25, 0.3) is 0 Å². The molecular formula is C12H6N4O5. The van der Waals surface area contributed by atoms with E-state index in [-0.39, 0.29) is 22.9 Å². The monoisotopic (exact) mass is 286 g/mol. The molecule has 0 bridgehead atoms. The number of nitro groups is 1. The van der Waals surface area contributed by atoms with Gasteiger partial charge in [0.15, 0.2) is 5.69 Å². The maximum Gasteiger partial charge on any atom is 0.356 e. The molecule has 21 heavy (non-hydrogen) atoms. The van der Waals surface area contributed by atoms with Gasteiger partial charge in [-0.05, 0) is 12.1 Å². The molecule has 1 N–H and O–H groups in total. The maximum atomic E-state index is 10.9. The topological polar surface area (TPSA) is 139 Å². The average Bonchev–Trinajstić information content (AvgIpc) is 2.47. The molecule has 0 aliphatic heterocycles. The van der Waals surface area contributed by atoms with E-state index >= 15 is 0 Å². The minimum atomic E-state index is -1.30. The summed E-state index contributed by atoms with van der Waals surface area (Å²) in [7, 11) is 0. The Morgan fingerprint density at radius 1 is 1.43 bits per heavy atom. The van der Waals surface area contributed by atoms with Gasteiger partial charge >= 0.3 is 11.7 Å². The number of carboxylic acids is 1. The van der Waals surface area contributed by atoms with Gasteiger partial charge < -0.3 is 9.84 Å². The summed E-state index contributed by atoms with van der Waals surface area (Å²) in [6.45, 7) is 0. The lowest BCUT2D eigenvalue weighted by atomic mass is 10.2. The molecular weight excluding hydrogens is 280 g/mol. The van der Waals surface area contributed by atoms with Gasteiger partial charge in [-0.3, -0.25) is 15.1 Å². The molecule has 0 saturated heterocycles. The first-order valence-electron chi connectivity index (χ1n) is 5.43. The summed E-state index contributed by atoms with van der Waals surface area (Å²) in [5, 5.41) is 28.4. The lowest BCUT2D eigenvalue weighted by Gasteiger charge is -2.05. The molecule has 104 valence electrons. The third-order valence-electron chi connectivity index (χ3n) is 2.33. The number of nitriles is 1. The number of aromatic carboxylic acids is 1. The van der Waals surface area contributed by atoms with E-state index in [1.54, 1.807) is 6.07 Å². The predicted molar refractivity (Wildman–Crippen MR) is 66.9 cm³/mol. The Balaban J connectivity index is 2.40. The van der Waals surface area contributed by atoms with E-state index in [2.05, 4.69) is 9.97 Å². The Morgan fingerprint density at radius 3 is 2.81 bits per heavy atom. The van der Waals surface area contributed by atoms with Crippen LogP contribution in [0.25, 0.3) is 0 Å². The number of carboxylic acid groups (broad SMARTS) is 1. The average molecular weight is 286 g/mol. The summed E-state index contributed by atoms with van der Waals surface area (Å²) < 4.78 is 5.17. The molecule has 1 heterocycles. The van der Waals surface area contributed by atoms with Gasteiger partial charge in [0, 0.05) is 6.07 Å². The molecule has 0 aliphatic rings. The third kappa shape index (κ3) is 3.07. The van der Waals surface area contributed by atoms with Crippen molar-refractivity contribution in [1.82, 2.24) is 9.97 Å². The van der Waals surface area contributed by atoms with Crippen LogP contribution in [0.1, 0.15) is 16.1 Å². The molecule has 0 unspecified atom stereocenters. The summed E-state index contributed by atoms with van der Waals surface area (Å²) in [4.78, 5) is 28.2. The number of carbonyl (C=O) groups is 1. The van der Waals surface area contributed by atoms with E-state index in [0.717, 1.165) is 18.5 Å². The zero-order valence-electron chi connectivity index (χ0n) is 10.3. The van der Waals surface area contributed by atoms with Gasteiger partial charge in [-0.25, -0.2) is 9.78 Å². The second-order valence-corrected chi connectivity index (χ2v) is 3.70. The molecule has 0 radical (unpaired) electrons. The van der Waals surface area contributed by atoms with Gasteiger partial charge in [-0.2, -0.15) is 5.26 Å². The van der Waals surface area contributed by atoms with Crippen LogP contribution in [0.3, 0.4) is 0 Å². The Labute approximate surface area is 117 Å². The first kappa shape index (κ1) is 13.9. The van der Waals surface area contributed by atoms with Crippen LogP contribution in [0.5, 0.6) is 11.6 Å². The third-order valence-corrected chi connectivity index (χ3v) is 2.33. The van der Waals surface area contributed by atoms with Gasteiger partial charge in [0.2, 0.25) is 11.6 Å². The van der Waals surface area contributed by atoms with Crippen LogP contribution in [0, 0.1) is 21.4 Å². The highest BCUT2D eigenvalue weighted by atomic mass is 16.6. The van der Waals surface area contributed by atoms with Crippen LogP contribution in [0.2, 0.25) is 0 Å². The highest BCUT2D eigenvalue weighted by Crippen LogP contribution is 2.31. The Hall–Kier alpha value is -3.54. The zero-order valence-corrected chi connectivity index (χ0v) is 10.3. The van der Waals surface area contributed by atoms with Crippen molar-refractivity contribution < 1.29 is 19.6 Å².